The van der Waals surface area contributed by atoms with E-state index >= 15 is 0 Å². The molecule has 0 aliphatic heterocycles. The third-order valence-corrected chi connectivity index (χ3v) is 3.11. The first-order valence-electron chi connectivity index (χ1n) is 7.31. The SMILES string of the molecule is C=C(CCCCCCCCC/C=C\CC)NC. The van der Waals surface area contributed by atoms with Crippen molar-refractivity contribution in [1.82, 2.24) is 5.32 Å². The van der Waals surface area contributed by atoms with Crippen molar-refractivity contribution < 1.29 is 0 Å². The smallest absolute Gasteiger partial charge is 0.00310 e. The first-order valence-corrected chi connectivity index (χ1v) is 7.31. The van der Waals surface area contributed by atoms with Crippen LogP contribution in [0.3, 0.4) is 0 Å². The van der Waals surface area contributed by atoms with Crippen LogP contribution in [-0.2, 0) is 0 Å². The van der Waals surface area contributed by atoms with Crippen LogP contribution in [0.5, 0.6) is 0 Å². The van der Waals surface area contributed by atoms with Crippen molar-refractivity contribution in [1.29, 1.82) is 0 Å². The molecule has 0 heterocycles. The van der Waals surface area contributed by atoms with Crippen LogP contribution in [0.15, 0.2) is 24.4 Å². The summed E-state index contributed by atoms with van der Waals surface area (Å²) < 4.78 is 0. The second-order valence-corrected chi connectivity index (χ2v) is 4.75. The highest BCUT2D eigenvalue weighted by atomic mass is 14.8. The highest BCUT2D eigenvalue weighted by molar-refractivity contribution is 4.88. The second-order valence-electron chi connectivity index (χ2n) is 4.75. The number of unbranched alkanes of at least 4 members (excludes halogenated alkanes) is 7. The summed E-state index contributed by atoms with van der Waals surface area (Å²) in [7, 11) is 1.95. The molecule has 100 valence electrons. The third-order valence-electron chi connectivity index (χ3n) is 3.11. The molecule has 1 nitrogen and oxygen atoms in total. The van der Waals surface area contributed by atoms with Gasteiger partial charge in [0.1, 0.15) is 0 Å². The third kappa shape index (κ3) is 13.2. The van der Waals surface area contributed by atoms with Gasteiger partial charge in [0.05, 0.1) is 0 Å². The van der Waals surface area contributed by atoms with E-state index in [1.54, 1.807) is 0 Å². The van der Waals surface area contributed by atoms with E-state index in [1.807, 2.05) is 7.05 Å². The molecule has 0 aromatic rings. The van der Waals surface area contributed by atoms with E-state index < -0.39 is 0 Å². The van der Waals surface area contributed by atoms with Crippen molar-refractivity contribution in [3.63, 3.8) is 0 Å². The van der Waals surface area contributed by atoms with Gasteiger partial charge in [0, 0.05) is 12.7 Å². The van der Waals surface area contributed by atoms with Gasteiger partial charge in [-0.2, -0.15) is 0 Å². The van der Waals surface area contributed by atoms with Crippen LogP contribution in [0.4, 0.5) is 0 Å². The topological polar surface area (TPSA) is 12.0 Å². The molecule has 0 fully saturated rings. The first kappa shape index (κ1) is 16.3. The Morgan fingerprint density at radius 3 is 2.12 bits per heavy atom. The first-order chi connectivity index (χ1) is 8.31. The van der Waals surface area contributed by atoms with Crippen LogP contribution in [0.25, 0.3) is 0 Å². The molecule has 0 spiro atoms. The van der Waals surface area contributed by atoms with E-state index in [1.165, 1.54) is 63.5 Å². The zero-order valence-corrected chi connectivity index (χ0v) is 11.9. The Bertz CT molecular complexity index is 194. The number of rotatable bonds is 12. The minimum absolute atomic E-state index is 1.14. The van der Waals surface area contributed by atoms with E-state index in [0.717, 1.165) is 6.42 Å². The zero-order valence-electron chi connectivity index (χ0n) is 11.9. The maximum absolute atomic E-state index is 3.94. The van der Waals surface area contributed by atoms with E-state index in [2.05, 4.69) is 31.0 Å². The van der Waals surface area contributed by atoms with Crippen LogP contribution >= 0.6 is 0 Å². The van der Waals surface area contributed by atoms with E-state index in [0.29, 0.717) is 0 Å². The van der Waals surface area contributed by atoms with Crippen molar-refractivity contribution in [2.45, 2.75) is 71.1 Å². The second kappa shape index (κ2) is 13.3. The zero-order chi connectivity index (χ0) is 12.8. The molecular formula is C16H31N. The summed E-state index contributed by atoms with van der Waals surface area (Å²) in [6.07, 6.45) is 17.8. The monoisotopic (exact) mass is 237 g/mol. The molecule has 0 radical (unpaired) electrons. The number of hydrogen-bond donors (Lipinski definition) is 1. The predicted molar refractivity (Wildman–Crippen MR) is 79.2 cm³/mol. The van der Waals surface area contributed by atoms with Gasteiger partial charge in [-0.1, -0.05) is 57.8 Å². The summed E-state index contributed by atoms with van der Waals surface area (Å²) in [5.41, 5.74) is 1.17. The molecule has 0 aliphatic carbocycles. The van der Waals surface area contributed by atoms with Crippen LogP contribution in [0, 0.1) is 0 Å². The van der Waals surface area contributed by atoms with Gasteiger partial charge >= 0.3 is 0 Å². The fraction of sp³-hybridized carbons (Fsp3) is 0.750. The van der Waals surface area contributed by atoms with Gasteiger partial charge in [-0.05, 0) is 32.1 Å². The van der Waals surface area contributed by atoms with Crippen molar-refractivity contribution in [2.75, 3.05) is 7.05 Å². The quantitative estimate of drug-likeness (QED) is 0.363. The predicted octanol–water partition coefficient (Wildman–Crippen LogP) is 5.20. The molecule has 0 rings (SSSR count). The van der Waals surface area contributed by atoms with Gasteiger partial charge in [0.25, 0.3) is 0 Å². The van der Waals surface area contributed by atoms with E-state index in [4.69, 9.17) is 0 Å². The highest BCUT2D eigenvalue weighted by Crippen LogP contribution is 2.11. The lowest BCUT2D eigenvalue weighted by Gasteiger charge is -2.04. The molecule has 0 amide bonds. The summed E-state index contributed by atoms with van der Waals surface area (Å²) in [5.74, 6) is 0. The summed E-state index contributed by atoms with van der Waals surface area (Å²) in [5, 5.41) is 3.10. The molecule has 0 unspecified atom stereocenters. The molecular weight excluding hydrogens is 206 g/mol. The Kier molecular flexibility index (Phi) is 12.8. The fourth-order valence-electron chi connectivity index (χ4n) is 1.89. The van der Waals surface area contributed by atoms with Crippen molar-refractivity contribution in [3.05, 3.63) is 24.4 Å². The van der Waals surface area contributed by atoms with Gasteiger partial charge in [-0.15, -0.1) is 0 Å². The summed E-state index contributed by atoms with van der Waals surface area (Å²) in [6.45, 7) is 6.13. The maximum atomic E-state index is 3.94. The van der Waals surface area contributed by atoms with Crippen LogP contribution in [-0.4, -0.2) is 7.05 Å². The van der Waals surface area contributed by atoms with E-state index in [9.17, 15) is 0 Å². The molecule has 1 heteroatoms. The largest absolute Gasteiger partial charge is 0.392 e. The fourth-order valence-corrected chi connectivity index (χ4v) is 1.89. The van der Waals surface area contributed by atoms with Gasteiger partial charge in [-0.3, -0.25) is 0 Å². The standard InChI is InChI=1S/C16H31N/c1-4-5-6-7-8-9-10-11-12-13-14-15-16(2)17-3/h5-6,17H,2,4,7-15H2,1,3H3/b6-5-. The number of nitrogens with one attached hydrogen (secondary N) is 1. The molecule has 0 aliphatic rings. The Labute approximate surface area is 108 Å². The molecule has 0 saturated heterocycles. The Morgan fingerprint density at radius 2 is 1.53 bits per heavy atom. The highest BCUT2D eigenvalue weighted by Gasteiger charge is 1.93. The van der Waals surface area contributed by atoms with Crippen molar-refractivity contribution in [3.8, 4) is 0 Å². The molecule has 0 aromatic heterocycles. The van der Waals surface area contributed by atoms with Crippen molar-refractivity contribution >= 4 is 0 Å². The average molecular weight is 237 g/mol. The van der Waals surface area contributed by atoms with Crippen LogP contribution in [0.1, 0.15) is 71.1 Å². The molecule has 1 N–H and O–H groups in total. The normalized spacial score (nSPS) is 10.9. The van der Waals surface area contributed by atoms with Crippen LogP contribution in [0.2, 0.25) is 0 Å². The summed E-state index contributed by atoms with van der Waals surface area (Å²) in [4.78, 5) is 0. The van der Waals surface area contributed by atoms with Gasteiger partial charge in [-0.25, -0.2) is 0 Å². The Morgan fingerprint density at radius 1 is 0.941 bits per heavy atom. The van der Waals surface area contributed by atoms with E-state index in [-0.39, 0.29) is 0 Å². The lowest BCUT2D eigenvalue weighted by atomic mass is 10.1. The van der Waals surface area contributed by atoms with Gasteiger partial charge in [0.2, 0.25) is 0 Å². The van der Waals surface area contributed by atoms with Gasteiger partial charge in [0.15, 0.2) is 0 Å². The maximum Gasteiger partial charge on any atom is 0.00310 e. The van der Waals surface area contributed by atoms with Gasteiger partial charge < -0.3 is 5.32 Å². The molecule has 0 atom stereocenters. The lowest BCUT2D eigenvalue weighted by molar-refractivity contribution is 0.577. The average Bonchev–Trinajstić information content (AvgIpc) is 2.35. The molecule has 17 heavy (non-hydrogen) atoms. The summed E-state index contributed by atoms with van der Waals surface area (Å²) in [6, 6.07) is 0. The van der Waals surface area contributed by atoms with Crippen LogP contribution < -0.4 is 5.32 Å². The summed E-state index contributed by atoms with van der Waals surface area (Å²) >= 11 is 0. The minimum atomic E-state index is 1.14. The lowest BCUT2D eigenvalue weighted by Crippen LogP contribution is -2.03. The molecule has 0 aromatic carbocycles. The minimum Gasteiger partial charge on any atom is -0.392 e. The number of hydrogen-bond acceptors (Lipinski definition) is 1. The molecule has 0 saturated carbocycles. The van der Waals surface area contributed by atoms with Crippen molar-refractivity contribution in [2.24, 2.45) is 0 Å². The Balaban J connectivity index is 3.03. The molecule has 0 bridgehead atoms. The number of allylic oxidation sites excluding steroid dienone is 3. The Hall–Kier alpha value is -0.720.